The van der Waals surface area contributed by atoms with Gasteiger partial charge in [-0.15, -0.1) is 0 Å². The zero-order chi connectivity index (χ0) is 18.5. The lowest BCUT2D eigenvalue weighted by Crippen LogP contribution is -2.42. The summed E-state index contributed by atoms with van der Waals surface area (Å²) in [5.74, 6) is 0.942. The van der Waals surface area contributed by atoms with E-state index in [9.17, 15) is 0 Å². The van der Waals surface area contributed by atoms with Crippen LogP contribution in [0.25, 0.3) is 5.57 Å². The van der Waals surface area contributed by atoms with Crippen LogP contribution in [0.5, 0.6) is 5.75 Å². The van der Waals surface area contributed by atoms with Crippen LogP contribution in [0.4, 0.5) is 0 Å². The standard InChI is InChI=1S/C24H27NO2/c1-26-23-14-8-7-12-21(23)20-11-5-6-13-22(20)24-18-25(15-16-27-24)17-19-9-3-2-4-10-19/h2-4,6-10,12-14,24H,5,11,15-18H2,1H3. The maximum Gasteiger partial charge on any atom is 0.126 e. The Bertz CT molecular complexity index is 825. The molecular formula is C24H27NO2. The second-order valence-electron chi connectivity index (χ2n) is 7.16. The Labute approximate surface area is 161 Å². The molecular weight excluding hydrogens is 334 g/mol. The average molecular weight is 361 g/mol. The molecule has 0 bridgehead atoms. The van der Waals surface area contributed by atoms with Crippen LogP contribution in [-0.4, -0.2) is 37.8 Å². The van der Waals surface area contributed by atoms with Gasteiger partial charge in [-0.2, -0.15) is 0 Å². The lowest BCUT2D eigenvalue weighted by Gasteiger charge is -2.35. The van der Waals surface area contributed by atoms with E-state index < -0.39 is 0 Å². The Morgan fingerprint density at radius 1 is 1.07 bits per heavy atom. The predicted molar refractivity (Wildman–Crippen MR) is 110 cm³/mol. The van der Waals surface area contributed by atoms with E-state index in [-0.39, 0.29) is 6.10 Å². The Hall–Kier alpha value is -2.36. The fraction of sp³-hybridized carbons (Fsp3) is 0.333. The molecule has 27 heavy (non-hydrogen) atoms. The van der Waals surface area contributed by atoms with Crippen molar-refractivity contribution in [3.8, 4) is 5.75 Å². The Morgan fingerprint density at radius 2 is 1.89 bits per heavy atom. The maximum absolute atomic E-state index is 6.22. The van der Waals surface area contributed by atoms with E-state index in [0.717, 1.165) is 44.8 Å². The highest BCUT2D eigenvalue weighted by atomic mass is 16.5. The lowest BCUT2D eigenvalue weighted by atomic mass is 9.88. The highest BCUT2D eigenvalue weighted by Gasteiger charge is 2.27. The van der Waals surface area contributed by atoms with Crippen molar-refractivity contribution in [3.05, 3.63) is 83.4 Å². The zero-order valence-electron chi connectivity index (χ0n) is 15.9. The molecule has 0 radical (unpaired) electrons. The minimum atomic E-state index is 0.110. The summed E-state index contributed by atoms with van der Waals surface area (Å²) in [6.45, 7) is 3.65. The first-order valence-corrected chi connectivity index (χ1v) is 9.76. The van der Waals surface area contributed by atoms with E-state index in [2.05, 4.69) is 59.5 Å². The summed E-state index contributed by atoms with van der Waals surface area (Å²) < 4.78 is 11.8. The molecule has 0 saturated carbocycles. The van der Waals surface area contributed by atoms with Crippen molar-refractivity contribution >= 4 is 5.57 Å². The zero-order valence-corrected chi connectivity index (χ0v) is 15.9. The molecule has 1 aliphatic heterocycles. The van der Waals surface area contributed by atoms with Gasteiger partial charge in [0.25, 0.3) is 0 Å². The van der Waals surface area contributed by atoms with Crippen molar-refractivity contribution in [2.75, 3.05) is 26.8 Å². The predicted octanol–water partition coefficient (Wildman–Crippen LogP) is 4.70. The third-order valence-electron chi connectivity index (χ3n) is 5.39. The largest absolute Gasteiger partial charge is 0.496 e. The summed E-state index contributed by atoms with van der Waals surface area (Å²) in [5, 5.41) is 0. The lowest BCUT2D eigenvalue weighted by molar-refractivity contribution is -0.0105. The van der Waals surface area contributed by atoms with Crippen molar-refractivity contribution in [2.24, 2.45) is 0 Å². The first kappa shape index (κ1) is 18.0. The summed E-state index contributed by atoms with van der Waals surface area (Å²) in [5.41, 5.74) is 5.23. The van der Waals surface area contributed by atoms with Crippen molar-refractivity contribution in [1.29, 1.82) is 0 Å². The van der Waals surface area contributed by atoms with Gasteiger partial charge in [-0.25, -0.2) is 0 Å². The van der Waals surface area contributed by atoms with Gasteiger partial charge >= 0.3 is 0 Å². The van der Waals surface area contributed by atoms with E-state index >= 15 is 0 Å². The van der Waals surface area contributed by atoms with E-state index in [1.54, 1.807) is 7.11 Å². The maximum atomic E-state index is 6.22. The molecule has 0 amide bonds. The fourth-order valence-electron chi connectivity index (χ4n) is 4.04. The monoisotopic (exact) mass is 361 g/mol. The van der Waals surface area contributed by atoms with Gasteiger partial charge in [0.05, 0.1) is 19.8 Å². The summed E-state index contributed by atoms with van der Waals surface area (Å²) in [6, 6.07) is 19.0. The summed E-state index contributed by atoms with van der Waals surface area (Å²) in [4.78, 5) is 2.50. The first-order valence-electron chi connectivity index (χ1n) is 9.76. The van der Waals surface area contributed by atoms with E-state index in [1.807, 2.05) is 12.1 Å². The molecule has 3 nitrogen and oxygen atoms in total. The number of ether oxygens (including phenoxy) is 2. The Morgan fingerprint density at radius 3 is 2.74 bits per heavy atom. The molecule has 2 aromatic carbocycles. The van der Waals surface area contributed by atoms with Crippen LogP contribution < -0.4 is 4.74 Å². The summed E-state index contributed by atoms with van der Waals surface area (Å²) in [7, 11) is 1.75. The molecule has 0 spiro atoms. The molecule has 1 heterocycles. The third kappa shape index (κ3) is 4.15. The van der Waals surface area contributed by atoms with Crippen LogP contribution in [0, 0.1) is 0 Å². The van der Waals surface area contributed by atoms with Crippen LogP contribution in [0.1, 0.15) is 24.0 Å². The number of methoxy groups -OCH3 is 1. The SMILES string of the molecule is COc1ccccc1C1=C(C2CN(Cc3ccccc3)CCO2)C=CCC1. The van der Waals surface area contributed by atoms with Crippen LogP contribution in [0.2, 0.25) is 0 Å². The molecule has 0 aromatic heterocycles. The van der Waals surface area contributed by atoms with E-state index in [4.69, 9.17) is 9.47 Å². The van der Waals surface area contributed by atoms with Crippen molar-refractivity contribution in [2.45, 2.75) is 25.5 Å². The molecule has 3 heteroatoms. The molecule has 1 saturated heterocycles. The van der Waals surface area contributed by atoms with Gasteiger partial charge in [-0.05, 0) is 35.6 Å². The molecule has 140 valence electrons. The van der Waals surface area contributed by atoms with Gasteiger partial charge in [-0.3, -0.25) is 4.90 Å². The number of hydrogen-bond donors (Lipinski definition) is 0. The third-order valence-corrected chi connectivity index (χ3v) is 5.39. The van der Waals surface area contributed by atoms with Crippen molar-refractivity contribution in [3.63, 3.8) is 0 Å². The van der Waals surface area contributed by atoms with Gasteiger partial charge < -0.3 is 9.47 Å². The quantitative estimate of drug-likeness (QED) is 0.770. The number of rotatable bonds is 5. The minimum absolute atomic E-state index is 0.110. The van der Waals surface area contributed by atoms with E-state index in [0.29, 0.717) is 0 Å². The Kier molecular flexibility index (Phi) is 5.71. The smallest absolute Gasteiger partial charge is 0.126 e. The average Bonchev–Trinajstić information content (AvgIpc) is 2.75. The van der Waals surface area contributed by atoms with Crippen LogP contribution in [0.3, 0.4) is 0 Å². The second-order valence-corrected chi connectivity index (χ2v) is 7.16. The minimum Gasteiger partial charge on any atom is -0.496 e. The fourth-order valence-corrected chi connectivity index (χ4v) is 4.04. The van der Waals surface area contributed by atoms with Gasteiger partial charge in [0.15, 0.2) is 0 Å². The second kappa shape index (κ2) is 8.55. The van der Waals surface area contributed by atoms with Gasteiger partial charge in [0.1, 0.15) is 5.75 Å². The van der Waals surface area contributed by atoms with Crippen molar-refractivity contribution < 1.29 is 9.47 Å². The molecule has 2 aromatic rings. The highest BCUT2D eigenvalue weighted by Crippen LogP contribution is 2.36. The summed E-state index contributed by atoms with van der Waals surface area (Å²) >= 11 is 0. The van der Waals surface area contributed by atoms with Crippen LogP contribution >= 0.6 is 0 Å². The molecule has 0 N–H and O–H groups in total. The molecule has 4 rings (SSSR count). The molecule has 1 unspecified atom stereocenters. The molecule has 1 fully saturated rings. The number of nitrogens with zero attached hydrogens (tertiary/aromatic N) is 1. The number of para-hydroxylation sites is 1. The molecule has 1 atom stereocenters. The number of benzene rings is 2. The molecule has 1 aliphatic carbocycles. The van der Waals surface area contributed by atoms with Gasteiger partial charge in [0, 0.05) is 25.2 Å². The topological polar surface area (TPSA) is 21.7 Å². The van der Waals surface area contributed by atoms with Crippen molar-refractivity contribution in [1.82, 2.24) is 4.90 Å². The summed E-state index contributed by atoms with van der Waals surface area (Å²) in [6.07, 6.45) is 6.75. The highest BCUT2D eigenvalue weighted by molar-refractivity contribution is 5.76. The van der Waals surface area contributed by atoms with Crippen LogP contribution in [0.15, 0.2) is 72.3 Å². The number of hydrogen-bond acceptors (Lipinski definition) is 3. The normalized spacial score (nSPS) is 20.7. The van der Waals surface area contributed by atoms with Gasteiger partial charge in [-0.1, -0.05) is 60.7 Å². The van der Waals surface area contributed by atoms with Gasteiger partial charge in [0.2, 0.25) is 0 Å². The van der Waals surface area contributed by atoms with Crippen LogP contribution in [-0.2, 0) is 11.3 Å². The Balaban J connectivity index is 1.59. The number of allylic oxidation sites excluding steroid dienone is 2. The number of morpholine rings is 1. The molecule has 2 aliphatic rings. The first-order chi connectivity index (χ1) is 13.3. The van der Waals surface area contributed by atoms with E-state index in [1.165, 1.54) is 22.3 Å².